The highest BCUT2D eigenvalue weighted by atomic mass is 32.2. The molecular formula is C11H16O3S2. The Hall–Kier alpha value is -0.680. The van der Waals surface area contributed by atoms with Crippen molar-refractivity contribution >= 4 is 21.6 Å². The summed E-state index contributed by atoms with van der Waals surface area (Å²) in [5.41, 5.74) is 0. The normalized spacial score (nSPS) is 11.6. The monoisotopic (exact) mass is 260 g/mol. The second-order valence-corrected chi connectivity index (χ2v) is 7.02. The van der Waals surface area contributed by atoms with Gasteiger partial charge in [-0.1, -0.05) is 19.1 Å². The number of para-hydroxylation sites is 1. The number of rotatable bonds is 6. The van der Waals surface area contributed by atoms with Gasteiger partial charge in [0.25, 0.3) is 0 Å². The molecule has 3 nitrogen and oxygen atoms in total. The first kappa shape index (κ1) is 13.4. The van der Waals surface area contributed by atoms with E-state index in [1.807, 2.05) is 12.1 Å². The second kappa shape index (κ2) is 6.15. The van der Waals surface area contributed by atoms with Crippen molar-refractivity contribution in [3.8, 4) is 5.75 Å². The summed E-state index contributed by atoms with van der Waals surface area (Å²) in [6, 6.07) is 7.07. The molecule has 5 heteroatoms. The summed E-state index contributed by atoms with van der Waals surface area (Å²) in [6.07, 6.45) is 0.620. The fraction of sp³-hybridized carbons (Fsp3) is 0.455. The summed E-state index contributed by atoms with van der Waals surface area (Å²) in [5, 5.41) is 9.48. The van der Waals surface area contributed by atoms with Crippen LogP contribution in [0.1, 0.15) is 13.3 Å². The molecule has 0 unspecified atom stereocenters. The number of aromatic hydroxyl groups is 1. The zero-order valence-corrected chi connectivity index (χ0v) is 10.9. The van der Waals surface area contributed by atoms with Crippen LogP contribution in [-0.4, -0.2) is 30.8 Å². The van der Waals surface area contributed by atoms with Crippen LogP contribution in [0.3, 0.4) is 0 Å². The van der Waals surface area contributed by atoms with Crippen LogP contribution in [0, 0.1) is 0 Å². The molecule has 0 saturated carbocycles. The summed E-state index contributed by atoms with van der Waals surface area (Å²) < 4.78 is 22.4. The molecule has 0 atom stereocenters. The molecule has 0 radical (unpaired) electrons. The predicted octanol–water partition coefficient (Wildman–Crippen LogP) is 2.31. The lowest BCUT2D eigenvalue weighted by atomic mass is 10.3. The molecule has 0 spiro atoms. The van der Waals surface area contributed by atoms with Crippen LogP contribution in [0.25, 0.3) is 0 Å². The largest absolute Gasteiger partial charge is 0.507 e. The Bertz CT molecular complexity index is 427. The van der Waals surface area contributed by atoms with Crippen LogP contribution in [0.5, 0.6) is 5.75 Å². The first-order chi connectivity index (χ1) is 7.55. The van der Waals surface area contributed by atoms with Crippen molar-refractivity contribution in [2.24, 2.45) is 0 Å². The predicted molar refractivity (Wildman–Crippen MR) is 67.8 cm³/mol. The van der Waals surface area contributed by atoms with E-state index in [0.29, 0.717) is 12.2 Å². The molecule has 90 valence electrons. The Labute approximate surface area is 101 Å². The second-order valence-electron chi connectivity index (χ2n) is 3.41. The Morgan fingerprint density at radius 1 is 1.31 bits per heavy atom. The van der Waals surface area contributed by atoms with Crippen LogP contribution in [-0.2, 0) is 9.84 Å². The van der Waals surface area contributed by atoms with Crippen LogP contribution >= 0.6 is 11.8 Å². The fourth-order valence-corrected chi connectivity index (χ4v) is 3.14. The van der Waals surface area contributed by atoms with Crippen molar-refractivity contribution < 1.29 is 13.5 Å². The molecule has 1 N–H and O–H groups in total. The quantitative estimate of drug-likeness (QED) is 0.630. The summed E-state index contributed by atoms with van der Waals surface area (Å²) >= 11 is 1.48. The van der Waals surface area contributed by atoms with E-state index in [4.69, 9.17) is 0 Å². The molecule has 0 fully saturated rings. The highest BCUT2D eigenvalue weighted by molar-refractivity contribution is 7.99. The maximum Gasteiger partial charge on any atom is 0.150 e. The van der Waals surface area contributed by atoms with Crippen molar-refractivity contribution in [2.45, 2.75) is 18.2 Å². The van der Waals surface area contributed by atoms with Crippen LogP contribution < -0.4 is 0 Å². The van der Waals surface area contributed by atoms with E-state index in [0.717, 1.165) is 4.90 Å². The Morgan fingerprint density at radius 3 is 2.62 bits per heavy atom. The van der Waals surface area contributed by atoms with Crippen LogP contribution in [0.4, 0.5) is 0 Å². The summed E-state index contributed by atoms with van der Waals surface area (Å²) in [6.45, 7) is 1.66. The number of sulfone groups is 1. The number of thioether (sulfide) groups is 1. The SMILES string of the molecule is CCS(=O)(=O)CCCSc1ccccc1O. The van der Waals surface area contributed by atoms with Crippen molar-refractivity contribution in [3.05, 3.63) is 24.3 Å². The standard InChI is InChI=1S/C11H16O3S2/c1-2-16(13,14)9-5-8-15-11-7-4-3-6-10(11)12/h3-4,6-7,12H,2,5,8-9H2,1H3. The third-order valence-electron chi connectivity index (χ3n) is 2.16. The maximum absolute atomic E-state index is 11.2. The van der Waals surface area contributed by atoms with Gasteiger partial charge in [0.05, 0.1) is 5.75 Å². The highest BCUT2D eigenvalue weighted by Gasteiger charge is 2.07. The van der Waals surface area contributed by atoms with Gasteiger partial charge in [0.1, 0.15) is 15.6 Å². The van der Waals surface area contributed by atoms with Gasteiger partial charge >= 0.3 is 0 Å². The molecule has 1 rings (SSSR count). The van der Waals surface area contributed by atoms with Gasteiger partial charge in [-0.25, -0.2) is 8.42 Å². The van der Waals surface area contributed by atoms with E-state index in [1.165, 1.54) is 11.8 Å². The lowest BCUT2D eigenvalue weighted by Crippen LogP contribution is -2.09. The number of benzene rings is 1. The molecule has 0 aliphatic carbocycles. The Kier molecular flexibility index (Phi) is 5.15. The minimum Gasteiger partial charge on any atom is -0.507 e. The number of phenols is 1. The first-order valence-electron chi connectivity index (χ1n) is 5.16. The average Bonchev–Trinajstić information content (AvgIpc) is 2.27. The van der Waals surface area contributed by atoms with Crippen LogP contribution in [0.2, 0.25) is 0 Å². The molecule has 0 bridgehead atoms. The van der Waals surface area contributed by atoms with Crippen molar-refractivity contribution in [2.75, 3.05) is 17.3 Å². The minimum absolute atomic E-state index is 0.203. The molecule has 16 heavy (non-hydrogen) atoms. The zero-order chi connectivity index (χ0) is 12.0. The Morgan fingerprint density at radius 2 is 2.00 bits per heavy atom. The lowest BCUT2D eigenvalue weighted by molar-refractivity contribution is 0.462. The Balaban J connectivity index is 2.35. The van der Waals surface area contributed by atoms with Crippen molar-refractivity contribution in [1.29, 1.82) is 0 Å². The molecule has 1 aromatic carbocycles. The molecular weight excluding hydrogens is 244 g/mol. The summed E-state index contributed by atoms with van der Waals surface area (Å²) in [5.74, 6) is 1.39. The molecule has 0 saturated heterocycles. The molecule has 0 amide bonds. The van der Waals surface area contributed by atoms with E-state index < -0.39 is 9.84 Å². The van der Waals surface area contributed by atoms with Crippen LogP contribution in [0.15, 0.2) is 29.2 Å². The van der Waals surface area contributed by atoms with Gasteiger partial charge < -0.3 is 5.11 Å². The van der Waals surface area contributed by atoms with E-state index in [1.54, 1.807) is 19.1 Å². The number of phenolic OH excluding ortho intramolecular Hbond substituents is 1. The molecule has 0 aliphatic rings. The first-order valence-corrected chi connectivity index (χ1v) is 7.97. The zero-order valence-electron chi connectivity index (χ0n) is 9.22. The van der Waals surface area contributed by atoms with Crippen molar-refractivity contribution in [3.63, 3.8) is 0 Å². The number of hydrogen-bond donors (Lipinski definition) is 1. The maximum atomic E-state index is 11.2. The van der Waals surface area contributed by atoms with Gasteiger partial charge in [-0.05, 0) is 24.3 Å². The summed E-state index contributed by atoms with van der Waals surface area (Å²) in [4.78, 5) is 0.802. The smallest absolute Gasteiger partial charge is 0.150 e. The van der Waals surface area contributed by atoms with Gasteiger partial charge in [-0.2, -0.15) is 0 Å². The lowest BCUT2D eigenvalue weighted by Gasteiger charge is -2.04. The van der Waals surface area contributed by atoms with Gasteiger partial charge in [0, 0.05) is 10.6 Å². The third-order valence-corrected chi connectivity index (χ3v) is 5.10. The topological polar surface area (TPSA) is 54.4 Å². The minimum atomic E-state index is -2.86. The molecule has 0 heterocycles. The highest BCUT2D eigenvalue weighted by Crippen LogP contribution is 2.27. The molecule has 1 aromatic rings. The van der Waals surface area contributed by atoms with E-state index in [9.17, 15) is 13.5 Å². The average molecular weight is 260 g/mol. The van der Waals surface area contributed by atoms with Crippen molar-refractivity contribution in [1.82, 2.24) is 0 Å². The number of hydrogen-bond acceptors (Lipinski definition) is 4. The van der Waals surface area contributed by atoms with Gasteiger partial charge in [-0.15, -0.1) is 11.8 Å². The van der Waals surface area contributed by atoms with Gasteiger partial charge in [0.2, 0.25) is 0 Å². The van der Waals surface area contributed by atoms with E-state index in [2.05, 4.69) is 0 Å². The van der Waals surface area contributed by atoms with Gasteiger partial charge in [-0.3, -0.25) is 0 Å². The third kappa shape index (κ3) is 4.45. The summed E-state index contributed by atoms with van der Waals surface area (Å²) in [7, 11) is -2.86. The fourth-order valence-electron chi connectivity index (χ4n) is 1.18. The van der Waals surface area contributed by atoms with Gasteiger partial charge in [0.15, 0.2) is 0 Å². The van der Waals surface area contributed by atoms with E-state index >= 15 is 0 Å². The molecule has 0 aliphatic heterocycles. The van der Waals surface area contributed by atoms with E-state index in [-0.39, 0.29) is 17.3 Å². The molecule has 0 aromatic heterocycles.